The third-order valence-corrected chi connectivity index (χ3v) is 4.81. The van der Waals surface area contributed by atoms with Crippen LogP contribution < -0.4 is 4.90 Å². The van der Waals surface area contributed by atoms with E-state index >= 15 is 0 Å². The number of anilines is 1. The maximum Gasteiger partial charge on any atom is 0.238 e. The highest BCUT2D eigenvalue weighted by Gasteiger charge is 2.49. The average Bonchev–Trinajstić information content (AvgIpc) is 2.62. The number of aryl methyl sites for hydroxylation is 2. The highest BCUT2D eigenvalue weighted by molar-refractivity contribution is 6.22. The number of amides is 2. The van der Waals surface area contributed by atoms with Crippen molar-refractivity contribution in [1.29, 1.82) is 0 Å². The minimum Gasteiger partial charge on any atom is -0.274 e. The quantitative estimate of drug-likeness (QED) is 0.584. The van der Waals surface area contributed by atoms with E-state index in [1.165, 1.54) is 16.0 Å². The van der Waals surface area contributed by atoms with Crippen LogP contribution in [-0.2, 0) is 9.59 Å². The Kier molecular flexibility index (Phi) is 3.23. The summed E-state index contributed by atoms with van der Waals surface area (Å²) in [6, 6.07) is 5.90. The van der Waals surface area contributed by atoms with E-state index in [-0.39, 0.29) is 23.7 Å². The van der Waals surface area contributed by atoms with Crippen molar-refractivity contribution >= 4 is 17.5 Å². The number of allylic oxidation sites excluding steroid dienone is 2. The molecule has 0 saturated carbocycles. The highest BCUT2D eigenvalue weighted by Crippen LogP contribution is 2.42. The zero-order valence-electron chi connectivity index (χ0n) is 13.1. The second-order valence-corrected chi connectivity index (χ2v) is 6.54. The van der Waals surface area contributed by atoms with E-state index in [0.717, 1.165) is 29.7 Å². The summed E-state index contributed by atoms with van der Waals surface area (Å²) in [7, 11) is 0. The Bertz CT molecular complexity index is 620. The van der Waals surface area contributed by atoms with Crippen molar-refractivity contribution in [2.75, 3.05) is 4.90 Å². The second kappa shape index (κ2) is 4.83. The van der Waals surface area contributed by atoms with E-state index in [4.69, 9.17) is 0 Å². The van der Waals surface area contributed by atoms with Gasteiger partial charge in [-0.05, 0) is 63.8 Å². The minimum absolute atomic E-state index is 0.0261. The van der Waals surface area contributed by atoms with E-state index < -0.39 is 0 Å². The van der Waals surface area contributed by atoms with Gasteiger partial charge in [0.1, 0.15) is 0 Å². The number of rotatable bonds is 1. The Morgan fingerprint density at radius 2 is 1.24 bits per heavy atom. The second-order valence-electron chi connectivity index (χ2n) is 6.54. The summed E-state index contributed by atoms with van der Waals surface area (Å²) in [5.74, 6) is -0.382. The number of hydrogen-bond donors (Lipinski definition) is 0. The molecule has 3 heteroatoms. The first-order valence-electron chi connectivity index (χ1n) is 7.50. The molecule has 1 saturated heterocycles. The Morgan fingerprint density at radius 3 is 1.67 bits per heavy atom. The zero-order valence-corrected chi connectivity index (χ0v) is 13.1. The number of carbonyl (C=O) groups excluding carboxylic acids is 2. The molecule has 1 heterocycles. The van der Waals surface area contributed by atoms with E-state index in [9.17, 15) is 9.59 Å². The molecule has 0 unspecified atom stereocenters. The topological polar surface area (TPSA) is 37.4 Å². The van der Waals surface area contributed by atoms with Crippen LogP contribution in [0.3, 0.4) is 0 Å². The lowest BCUT2D eigenvalue weighted by molar-refractivity contribution is -0.122. The fourth-order valence-corrected chi connectivity index (χ4v) is 3.59. The van der Waals surface area contributed by atoms with Crippen LogP contribution in [0.15, 0.2) is 29.3 Å². The molecule has 0 radical (unpaired) electrons. The molecule has 2 amide bonds. The molecule has 21 heavy (non-hydrogen) atoms. The first kappa shape index (κ1) is 14.1. The van der Waals surface area contributed by atoms with Gasteiger partial charge in [0.25, 0.3) is 0 Å². The van der Waals surface area contributed by atoms with E-state index in [0.29, 0.717) is 0 Å². The number of fused-ring (bicyclic) bond motifs is 1. The first-order chi connectivity index (χ1) is 9.88. The summed E-state index contributed by atoms with van der Waals surface area (Å²) in [6.45, 7) is 8.13. The van der Waals surface area contributed by atoms with Gasteiger partial charge in [-0.1, -0.05) is 17.2 Å². The molecule has 3 nitrogen and oxygen atoms in total. The van der Waals surface area contributed by atoms with Gasteiger partial charge in [-0.2, -0.15) is 0 Å². The van der Waals surface area contributed by atoms with Gasteiger partial charge in [-0.3, -0.25) is 14.5 Å². The summed E-state index contributed by atoms with van der Waals surface area (Å²) in [5.41, 5.74) is 5.41. The molecule has 0 spiro atoms. The predicted molar refractivity (Wildman–Crippen MR) is 83.0 cm³/mol. The molecule has 1 fully saturated rings. The minimum atomic E-state index is -0.165. The molecule has 0 aromatic heterocycles. The van der Waals surface area contributed by atoms with Crippen molar-refractivity contribution in [2.24, 2.45) is 11.8 Å². The van der Waals surface area contributed by atoms with Gasteiger partial charge in [0.15, 0.2) is 0 Å². The molecular formula is C18H21NO2. The van der Waals surface area contributed by atoms with Crippen LogP contribution >= 0.6 is 0 Å². The first-order valence-corrected chi connectivity index (χ1v) is 7.50. The Balaban J connectivity index is 2.00. The smallest absolute Gasteiger partial charge is 0.238 e. The van der Waals surface area contributed by atoms with Crippen molar-refractivity contribution < 1.29 is 9.59 Å². The lowest BCUT2D eigenvalue weighted by atomic mass is 9.78. The summed E-state index contributed by atoms with van der Waals surface area (Å²) in [5, 5.41) is 0. The molecule has 0 bridgehead atoms. The number of nitrogens with zero attached hydrogens (tertiary/aromatic N) is 1. The van der Waals surface area contributed by atoms with Crippen LogP contribution in [0.2, 0.25) is 0 Å². The van der Waals surface area contributed by atoms with Gasteiger partial charge in [-0.25, -0.2) is 0 Å². The lowest BCUT2D eigenvalue weighted by Gasteiger charge is -2.23. The molecular weight excluding hydrogens is 262 g/mol. The Labute approximate surface area is 125 Å². The van der Waals surface area contributed by atoms with Crippen LogP contribution in [-0.4, -0.2) is 11.8 Å². The van der Waals surface area contributed by atoms with Crippen molar-refractivity contribution in [2.45, 2.75) is 40.5 Å². The van der Waals surface area contributed by atoms with Gasteiger partial charge in [0.05, 0.1) is 17.5 Å². The van der Waals surface area contributed by atoms with Crippen LogP contribution in [0.5, 0.6) is 0 Å². The van der Waals surface area contributed by atoms with Crippen LogP contribution in [0.1, 0.15) is 37.8 Å². The fourth-order valence-electron chi connectivity index (χ4n) is 3.59. The average molecular weight is 283 g/mol. The van der Waals surface area contributed by atoms with Gasteiger partial charge in [-0.15, -0.1) is 0 Å². The molecule has 2 atom stereocenters. The Morgan fingerprint density at radius 1 is 0.810 bits per heavy atom. The normalized spacial score (nSPS) is 25.6. The van der Waals surface area contributed by atoms with Crippen LogP contribution in [0.4, 0.5) is 5.69 Å². The zero-order chi connectivity index (χ0) is 15.3. The van der Waals surface area contributed by atoms with Crippen LogP contribution in [0, 0.1) is 25.7 Å². The number of carbonyl (C=O) groups is 2. The molecule has 1 aromatic rings. The van der Waals surface area contributed by atoms with E-state index in [1.54, 1.807) is 0 Å². The molecule has 1 aliphatic carbocycles. The van der Waals surface area contributed by atoms with E-state index in [1.807, 2.05) is 26.0 Å². The SMILES string of the molecule is CC1=C(C)C[C@@H]2C(=O)N(c3cc(C)cc(C)c3)C(=O)[C@H]2C1. The maximum atomic E-state index is 12.7. The van der Waals surface area contributed by atoms with Crippen molar-refractivity contribution in [1.82, 2.24) is 0 Å². The molecule has 2 aliphatic rings. The summed E-state index contributed by atoms with van der Waals surface area (Å²) < 4.78 is 0. The summed E-state index contributed by atoms with van der Waals surface area (Å²) in [4.78, 5) is 26.8. The van der Waals surface area contributed by atoms with Crippen molar-refractivity contribution in [3.63, 3.8) is 0 Å². The molecule has 1 aromatic carbocycles. The molecule has 0 N–H and O–H groups in total. The highest BCUT2D eigenvalue weighted by atomic mass is 16.2. The van der Waals surface area contributed by atoms with E-state index in [2.05, 4.69) is 19.9 Å². The third-order valence-electron chi connectivity index (χ3n) is 4.81. The Hall–Kier alpha value is -1.90. The maximum absolute atomic E-state index is 12.7. The van der Waals surface area contributed by atoms with Gasteiger partial charge in [0, 0.05) is 0 Å². The van der Waals surface area contributed by atoms with Gasteiger partial charge in [0.2, 0.25) is 11.8 Å². The lowest BCUT2D eigenvalue weighted by Crippen LogP contribution is -2.31. The van der Waals surface area contributed by atoms with Gasteiger partial charge >= 0.3 is 0 Å². The molecule has 110 valence electrons. The summed E-state index contributed by atoms with van der Waals surface area (Å²) >= 11 is 0. The standard InChI is InChI=1S/C18H21NO2/c1-10-5-11(2)7-14(6-10)19-17(20)15-8-12(3)13(4)9-16(15)18(19)21/h5-7,15-16H,8-9H2,1-4H3/t15-,16-/m0/s1. The van der Waals surface area contributed by atoms with Gasteiger partial charge < -0.3 is 0 Å². The molecule has 3 rings (SSSR count). The van der Waals surface area contributed by atoms with Crippen molar-refractivity contribution in [3.8, 4) is 0 Å². The van der Waals surface area contributed by atoms with Crippen molar-refractivity contribution in [3.05, 3.63) is 40.5 Å². The monoisotopic (exact) mass is 283 g/mol. The fraction of sp³-hybridized carbons (Fsp3) is 0.444. The summed E-state index contributed by atoms with van der Waals surface area (Å²) in [6.07, 6.45) is 1.45. The largest absolute Gasteiger partial charge is 0.274 e. The number of benzene rings is 1. The van der Waals surface area contributed by atoms with Crippen LogP contribution in [0.25, 0.3) is 0 Å². The predicted octanol–water partition coefficient (Wildman–Crippen LogP) is 3.54. The molecule has 1 aliphatic heterocycles. The number of hydrogen-bond acceptors (Lipinski definition) is 2. The third kappa shape index (κ3) is 2.21. The number of imide groups is 1.